The Labute approximate surface area is 54.7 Å². The van der Waals surface area contributed by atoms with E-state index in [-0.39, 0.29) is 0 Å². The summed E-state index contributed by atoms with van der Waals surface area (Å²) in [7, 11) is 6.00. The molecule has 0 saturated heterocycles. The minimum atomic E-state index is 2.00. The van der Waals surface area contributed by atoms with Gasteiger partial charge in [-0.1, -0.05) is 27.7 Å². The number of nitrogens with zero attached hydrogens (tertiary/aromatic N) is 1. The molecular formula is C7H21N. The first-order chi connectivity index (χ1) is 3.73. The third-order valence-electron chi connectivity index (χ3n) is 0. The van der Waals surface area contributed by atoms with Gasteiger partial charge in [0.05, 0.1) is 0 Å². The Kier molecular flexibility index (Phi) is 55.3. The fraction of sp³-hybridized carbons (Fsp3) is 1.00. The number of hydrogen-bond acceptors (Lipinski definition) is 1. The topological polar surface area (TPSA) is 3.24 Å². The molecule has 0 aromatic rings. The van der Waals surface area contributed by atoms with Gasteiger partial charge in [0.1, 0.15) is 0 Å². The number of rotatable bonds is 0. The van der Waals surface area contributed by atoms with Crippen LogP contribution in [0.3, 0.4) is 0 Å². The predicted octanol–water partition coefficient (Wildman–Crippen LogP) is 2.23. The predicted molar refractivity (Wildman–Crippen MR) is 42.3 cm³/mol. The van der Waals surface area contributed by atoms with Crippen molar-refractivity contribution in [3.63, 3.8) is 0 Å². The van der Waals surface area contributed by atoms with Crippen LogP contribution in [-0.2, 0) is 0 Å². The van der Waals surface area contributed by atoms with Gasteiger partial charge in [-0.3, -0.25) is 0 Å². The first-order valence-electron chi connectivity index (χ1n) is 3.34. The zero-order valence-electron chi connectivity index (χ0n) is 7.45. The van der Waals surface area contributed by atoms with Crippen LogP contribution in [0.25, 0.3) is 0 Å². The van der Waals surface area contributed by atoms with E-state index in [9.17, 15) is 0 Å². The molecule has 0 spiro atoms. The van der Waals surface area contributed by atoms with Gasteiger partial charge in [-0.05, 0) is 21.1 Å². The Balaban J connectivity index is -0.0000000542. The minimum absolute atomic E-state index is 2.00. The van der Waals surface area contributed by atoms with Crippen LogP contribution < -0.4 is 0 Å². The lowest BCUT2D eigenvalue weighted by molar-refractivity contribution is 0.505. The molecule has 0 unspecified atom stereocenters. The molecule has 1 heteroatoms. The molecule has 0 aliphatic heterocycles. The third-order valence-corrected chi connectivity index (χ3v) is 0. The van der Waals surface area contributed by atoms with Crippen LogP contribution >= 0.6 is 0 Å². The molecule has 0 atom stereocenters. The summed E-state index contributed by atoms with van der Waals surface area (Å²) in [6.07, 6.45) is 0. The van der Waals surface area contributed by atoms with E-state index in [0.29, 0.717) is 0 Å². The summed E-state index contributed by atoms with van der Waals surface area (Å²) in [6, 6.07) is 0. The molecule has 0 N–H and O–H groups in total. The van der Waals surface area contributed by atoms with Crippen LogP contribution in [0.2, 0.25) is 0 Å². The Morgan fingerprint density at radius 3 is 0.625 bits per heavy atom. The second-order valence-electron chi connectivity index (χ2n) is 1.34. The van der Waals surface area contributed by atoms with Gasteiger partial charge < -0.3 is 4.90 Å². The molecule has 0 aliphatic carbocycles. The molecule has 0 aromatic carbocycles. The molecule has 0 heterocycles. The van der Waals surface area contributed by atoms with E-state index >= 15 is 0 Å². The zero-order valence-corrected chi connectivity index (χ0v) is 7.45. The van der Waals surface area contributed by atoms with Crippen molar-refractivity contribution in [1.82, 2.24) is 4.90 Å². The van der Waals surface area contributed by atoms with Crippen molar-refractivity contribution in [2.45, 2.75) is 27.7 Å². The van der Waals surface area contributed by atoms with Crippen molar-refractivity contribution in [3.05, 3.63) is 0 Å². The fourth-order valence-corrected chi connectivity index (χ4v) is 0. The van der Waals surface area contributed by atoms with Gasteiger partial charge in [-0.2, -0.15) is 0 Å². The highest BCUT2D eigenvalue weighted by Crippen LogP contribution is 1.47. The lowest BCUT2D eigenvalue weighted by atomic mass is 11.0. The highest BCUT2D eigenvalue weighted by atomic mass is 15.0. The van der Waals surface area contributed by atoms with Crippen molar-refractivity contribution >= 4 is 0 Å². The van der Waals surface area contributed by atoms with Gasteiger partial charge in [-0.15, -0.1) is 0 Å². The standard InChI is InChI=1S/C3H9N.2C2H6/c1-4(2)3;2*1-2/h1-3H3;2*1-2H3. The summed E-state index contributed by atoms with van der Waals surface area (Å²) in [4.78, 5) is 2.00. The smallest absolute Gasteiger partial charge is 0.0140 e. The average molecular weight is 119 g/mol. The van der Waals surface area contributed by atoms with E-state index in [0.717, 1.165) is 0 Å². The van der Waals surface area contributed by atoms with E-state index in [1.807, 2.05) is 53.7 Å². The molecule has 1 nitrogen and oxygen atoms in total. The second kappa shape index (κ2) is 28.2. The first kappa shape index (κ1) is 15.7. The van der Waals surface area contributed by atoms with Crippen LogP contribution in [-0.4, -0.2) is 26.0 Å². The molecule has 0 amide bonds. The summed E-state index contributed by atoms with van der Waals surface area (Å²) in [5.41, 5.74) is 0. The maximum absolute atomic E-state index is 2.00. The normalized spacial score (nSPS) is 6.00. The summed E-state index contributed by atoms with van der Waals surface area (Å²) in [5, 5.41) is 0. The van der Waals surface area contributed by atoms with Crippen molar-refractivity contribution in [3.8, 4) is 0 Å². The second-order valence-corrected chi connectivity index (χ2v) is 1.34. The third kappa shape index (κ3) is 91600. The quantitative estimate of drug-likeness (QED) is 0.472. The van der Waals surface area contributed by atoms with Gasteiger partial charge in [0, 0.05) is 0 Å². The van der Waals surface area contributed by atoms with Crippen molar-refractivity contribution in [1.29, 1.82) is 0 Å². The Morgan fingerprint density at radius 2 is 0.625 bits per heavy atom. The molecule has 8 heavy (non-hydrogen) atoms. The molecule has 0 aliphatic rings. The maximum Gasteiger partial charge on any atom is -0.0140 e. The van der Waals surface area contributed by atoms with Gasteiger partial charge >= 0.3 is 0 Å². The molecule has 0 fully saturated rings. The molecule has 0 saturated carbocycles. The van der Waals surface area contributed by atoms with Crippen LogP contribution in [0.15, 0.2) is 0 Å². The summed E-state index contributed by atoms with van der Waals surface area (Å²) in [6.45, 7) is 8.00. The van der Waals surface area contributed by atoms with Crippen molar-refractivity contribution in [2.24, 2.45) is 0 Å². The molecule has 54 valence electrons. The summed E-state index contributed by atoms with van der Waals surface area (Å²) in [5.74, 6) is 0. The van der Waals surface area contributed by atoms with Crippen LogP contribution in [0, 0.1) is 0 Å². The van der Waals surface area contributed by atoms with Crippen LogP contribution in [0.5, 0.6) is 0 Å². The SMILES string of the molecule is CC.CC.CN(C)C. The van der Waals surface area contributed by atoms with Crippen molar-refractivity contribution < 1.29 is 0 Å². The highest BCUT2D eigenvalue weighted by Gasteiger charge is 1.58. The van der Waals surface area contributed by atoms with Crippen LogP contribution in [0.4, 0.5) is 0 Å². The van der Waals surface area contributed by atoms with E-state index < -0.39 is 0 Å². The monoisotopic (exact) mass is 119 g/mol. The average Bonchev–Trinajstić information content (AvgIpc) is 1.75. The first-order valence-corrected chi connectivity index (χ1v) is 3.34. The van der Waals surface area contributed by atoms with Crippen LogP contribution in [0.1, 0.15) is 27.7 Å². The zero-order chi connectivity index (χ0) is 7.58. The van der Waals surface area contributed by atoms with E-state index in [1.54, 1.807) is 0 Å². The van der Waals surface area contributed by atoms with Gasteiger partial charge in [0.25, 0.3) is 0 Å². The molecule has 0 radical (unpaired) electrons. The summed E-state index contributed by atoms with van der Waals surface area (Å²) < 4.78 is 0. The Bertz CT molecular complexity index is 9.10. The lowest BCUT2D eigenvalue weighted by Crippen LogP contribution is -1.99. The summed E-state index contributed by atoms with van der Waals surface area (Å²) >= 11 is 0. The molecule has 0 rings (SSSR count). The molecule has 0 aromatic heterocycles. The number of hydrogen-bond donors (Lipinski definition) is 0. The molecular weight excluding hydrogens is 98.1 g/mol. The fourth-order valence-electron chi connectivity index (χ4n) is 0. The Hall–Kier alpha value is -0.0400. The van der Waals surface area contributed by atoms with E-state index in [1.165, 1.54) is 0 Å². The van der Waals surface area contributed by atoms with E-state index in [4.69, 9.17) is 0 Å². The molecule has 0 bridgehead atoms. The van der Waals surface area contributed by atoms with Gasteiger partial charge in [0.2, 0.25) is 0 Å². The van der Waals surface area contributed by atoms with Crippen molar-refractivity contribution in [2.75, 3.05) is 21.1 Å². The maximum atomic E-state index is 2.00. The van der Waals surface area contributed by atoms with Gasteiger partial charge in [0.15, 0.2) is 0 Å². The Morgan fingerprint density at radius 1 is 0.625 bits per heavy atom. The van der Waals surface area contributed by atoms with Gasteiger partial charge in [-0.25, -0.2) is 0 Å². The highest BCUT2D eigenvalue weighted by molar-refractivity contribution is 4.09. The van der Waals surface area contributed by atoms with E-state index in [2.05, 4.69) is 0 Å². The largest absolute Gasteiger partial charge is 0.312 e. The lowest BCUT2D eigenvalue weighted by Gasteiger charge is -1.90. The minimum Gasteiger partial charge on any atom is -0.312 e.